The lowest BCUT2D eigenvalue weighted by molar-refractivity contribution is -0.383. The molecule has 2 rings (SSSR count). The van der Waals surface area contributed by atoms with Crippen molar-refractivity contribution in [1.29, 1.82) is 0 Å². The molecule has 0 aliphatic carbocycles. The van der Waals surface area contributed by atoms with E-state index in [4.69, 9.17) is 5.73 Å². The maximum atomic E-state index is 12.4. The number of rotatable bonds is 4. The van der Waals surface area contributed by atoms with Gasteiger partial charge in [0.2, 0.25) is 0 Å². The van der Waals surface area contributed by atoms with Gasteiger partial charge in [0.25, 0.3) is 11.6 Å². The number of amides is 1. The normalized spacial score (nSPS) is 11.1. The molecule has 120 valence electrons. The van der Waals surface area contributed by atoms with E-state index in [1.807, 2.05) is 32.9 Å². The number of carbonyl (C=O) groups excluding carboxylic acids is 1. The Morgan fingerprint density at radius 3 is 2.57 bits per heavy atom. The number of nitro groups is 1. The second-order valence-electron chi connectivity index (χ2n) is 5.80. The lowest BCUT2D eigenvalue weighted by atomic mass is 9.95. The monoisotopic (exact) mass is 314 g/mol. The van der Waals surface area contributed by atoms with Gasteiger partial charge in [0.05, 0.1) is 10.5 Å². The van der Waals surface area contributed by atoms with E-state index < -0.39 is 16.4 Å². The van der Waals surface area contributed by atoms with E-state index >= 15 is 0 Å². The number of nitrogens with zero attached hydrogens (tertiary/aromatic N) is 2. The van der Waals surface area contributed by atoms with Gasteiger partial charge in [-0.05, 0) is 44.5 Å². The molecule has 0 aliphatic rings. The van der Waals surface area contributed by atoms with Gasteiger partial charge in [-0.1, -0.05) is 6.07 Å². The van der Waals surface area contributed by atoms with Crippen molar-refractivity contribution in [2.45, 2.75) is 26.3 Å². The molecule has 23 heavy (non-hydrogen) atoms. The molecule has 3 N–H and O–H groups in total. The lowest BCUT2D eigenvalue weighted by Gasteiger charge is -2.26. The molecule has 7 nitrogen and oxygen atoms in total. The molecule has 2 aromatic rings. The fraction of sp³-hybridized carbons (Fsp3) is 0.250. The van der Waals surface area contributed by atoms with Crippen LogP contribution in [0.4, 0.5) is 11.4 Å². The van der Waals surface area contributed by atoms with Crippen LogP contribution in [0.3, 0.4) is 0 Å². The fourth-order valence-corrected chi connectivity index (χ4v) is 2.11. The van der Waals surface area contributed by atoms with E-state index in [2.05, 4.69) is 10.3 Å². The highest BCUT2D eigenvalue weighted by Crippen LogP contribution is 2.24. The van der Waals surface area contributed by atoms with Crippen molar-refractivity contribution in [1.82, 2.24) is 10.3 Å². The van der Waals surface area contributed by atoms with Crippen LogP contribution in [0.2, 0.25) is 0 Å². The lowest BCUT2D eigenvalue weighted by Crippen LogP contribution is -2.41. The number of nitrogens with one attached hydrogen (secondary N) is 1. The highest BCUT2D eigenvalue weighted by molar-refractivity contribution is 5.96. The number of nitrogen functional groups attached to an aromatic ring is 1. The third kappa shape index (κ3) is 3.63. The Labute approximate surface area is 133 Å². The summed E-state index contributed by atoms with van der Waals surface area (Å²) in [6, 6.07) is 7.73. The summed E-state index contributed by atoms with van der Waals surface area (Å²) in [5, 5.41) is 13.8. The summed E-state index contributed by atoms with van der Waals surface area (Å²) < 4.78 is 0. The van der Waals surface area contributed by atoms with Gasteiger partial charge in [0.15, 0.2) is 0 Å². The molecular weight excluding hydrogens is 296 g/mol. The van der Waals surface area contributed by atoms with Crippen molar-refractivity contribution in [2.75, 3.05) is 5.73 Å². The smallest absolute Gasteiger partial charge is 0.292 e. The molecule has 0 saturated carbocycles. The molecule has 1 heterocycles. The molecule has 0 unspecified atom stereocenters. The number of nitrogens with two attached hydrogens (primary N) is 1. The van der Waals surface area contributed by atoms with Gasteiger partial charge < -0.3 is 11.1 Å². The maximum Gasteiger partial charge on any atom is 0.292 e. The zero-order valence-electron chi connectivity index (χ0n) is 13.2. The standard InChI is InChI=1S/C16H18N4O3/c1-10-4-6-12(9-18-10)16(2,3)19-15(21)11-5-7-13(17)14(8-11)20(22)23/h4-9H,17H2,1-3H3,(H,19,21). The predicted octanol–water partition coefficient (Wildman–Crippen LogP) is 2.55. The van der Waals surface area contributed by atoms with E-state index in [9.17, 15) is 14.9 Å². The molecule has 0 fully saturated rings. The summed E-state index contributed by atoms with van der Waals surface area (Å²) >= 11 is 0. The summed E-state index contributed by atoms with van der Waals surface area (Å²) in [5.41, 5.74) is 6.50. The minimum Gasteiger partial charge on any atom is -0.393 e. The Kier molecular flexibility index (Phi) is 4.31. The first kappa shape index (κ1) is 16.4. The molecular formula is C16H18N4O3. The molecule has 0 spiro atoms. The Balaban J connectivity index is 2.26. The van der Waals surface area contributed by atoms with Gasteiger partial charge in [-0.15, -0.1) is 0 Å². The predicted molar refractivity (Wildman–Crippen MR) is 87.0 cm³/mol. The van der Waals surface area contributed by atoms with E-state index in [0.717, 1.165) is 11.3 Å². The number of carbonyl (C=O) groups is 1. The van der Waals surface area contributed by atoms with Gasteiger partial charge in [-0.25, -0.2) is 0 Å². The number of anilines is 1. The first-order chi connectivity index (χ1) is 10.7. The number of nitro benzene ring substituents is 1. The molecule has 1 amide bonds. The van der Waals surface area contributed by atoms with Crippen molar-refractivity contribution < 1.29 is 9.72 Å². The molecule has 0 bridgehead atoms. The van der Waals surface area contributed by atoms with Crippen LogP contribution < -0.4 is 11.1 Å². The van der Waals surface area contributed by atoms with Crippen molar-refractivity contribution in [3.63, 3.8) is 0 Å². The first-order valence-electron chi connectivity index (χ1n) is 7.00. The van der Waals surface area contributed by atoms with Crippen LogP contribution in [-0.2, 0) is 5.54 Å². The Bertz CT molecular complexity index is 754. The molecule has 0 radical (unpaired) electrons. The van der Waals surface area contributed by atoms with Crippen LogP contribution in [0.1, 0.15) is 35.5 Å². The Morgan fingerprint density at radius 1 is 1.30 bits per heavy atom. The van der Waals surface area contributed by atoms with Gasteiger partial charge >= 0.3 is 0 Å². The topological polar surface area (TPSA) is 111 Å². The number of hydrogen-bond donors (Lipinski definition) is 2. The zero-order valence-corrected chi connectivity index (χ0v) is 13.2. The quantitative estimate of drug-likeness (QED) is 0.512. The fourth-order valence-electron chi connectivity index (χ4n) is 2.11. The van der Waals surface area contributed by atoms with Crippen molar-refractivity contribution in [3.8, 4) is 0 Å². The maximum absolute atomic E-state index is 12.4. The van der Waals surface area contributed by atoms with Crippen LogP contribution in [0.25, 0.3) is 0 Å². The summed E-state index contributed by atoms with van der Waals surface area (Å²) in [6.07, 6.45) is 1.70. The molecule has 1 aromatic heterocycles. The van der Waals surface area contributed by atoms with Crippen LogP contribution in [0.5, 0.6) is 0 Å². The minimum absolute atomic E-state index is 0.0218. The minimum atomic E-state index is -0.673. The second-order valence-corrected chi connectivity index (χ2v) is 5.80. The molecule has 0 saturated heterocycles. The first-order valence-corrected chi connectivity index (χ1v) is 7.00. The van der Waals surface area contributed by atoms with Gasteiger partial charge in [-0.3, -0.25) is 19.9 Å². The van der Waals surface area contributed by atoms with Gasteiger partial charge in [0, 0.05) is 23.5 Å². The third-order valence-corrected chi connectivity index (χ3v) is 3.55. The molecule has 0 aliphatic heterocycles. The van der Waals surface area contributed by atoms with Crippen LogP contribution in [-0.4, -0.2) is 15.8 Å². The van der Waals surface area contributed by atoms with E-state index in [1.54, 1.807) is 6.20 Å². The van der Waals surface area contributed by atoms with Crippen molar-refractivity contribution in [3.05, 3.63) is 63.5 Å². The largest absolute Gasteiger partial charge is 0.393 e. The number of aromatic nitrogens is 1. The van der Waals surface area contributed by atoms with Crippen molar-refractivity contribution >= 4 is 17.3 Å². The summed E-state index contributed by atoms with van der Waals surface area (Å²) in [4.78, 5) is 26.9. The molecule has 1 aromatic carbocycles. The Hall–Kier alpha value is -2.96. The van der Waals surface area contributed by atoms with E-state index in [-0.39, 0.29) is 16.9 Å². The third-order valence-electron chi connectivity index (χ3n) is 3.55. The average molecular weight is 314 g/mol. The zero-order chi connectivity index (χ0) is 17.2. The number of hydrogen-bond acceptors (Lipinski definition) is 5. The SMILES string of the molecule is Cc1ccc(C(C)(C)NC(=O)c2ccc(N)c([N+](=O)[O-])c2)cn1. The molecule has 0 atom stereocenters. The highest BCUT2D eigenvalue weighted by atomic mass is 16.6. The summed E-state index contributed by atoms with van der Waals surface area (Å²) in [6.45, 7) is 5.55. The van der Waals surface area contributed by atoms with Crippen molar-refractivity contribution in [2.24, 2.45) is 0 Å². The number of benzene rings is 1. The number of pyridine rings is 1. The Morgan fingerprint density at radius 2 is 2.00 bits per heavy atom. The highest BCUT2D eigenvalue weighted by Gasteiger charge is 2.25. The summed E-state index contributed by atoms with van der Waals surface area (Å²) in [5.74, 6) is -0.418. The van der Waals surface area contributed by atoms with Gasteiger partial charge in [-0.2, -0.15) is 0 Å². The summed E-state index contributed by atoms with van der Waals surface area (Å²) in [7, 11) is 0. The van der Waals surface area contributed by atoms with Crippen LogP contribution >= 0.6 is 0 Å². The number of aryl methyl sites for hydroxylation is 1. The van der Waals surface area contributed by atoms with E-state index in [0.29, 0.717) is 0 Å². The second kappa shape index (κ2) is 6.04. The van der Waals surface area contributed by atoms with E-state index in [1.165, 1.54) is 18.2 Å². The average Bonchev–Trinajstić information content (AvgIpc) is 2.47. The molecule has 7 heteroatoms. The van der Waals surface area contributed by atoms with Crippen LogP contribution in [0.15, 0.2) is 36.5 Å². The van der Waals surface area contributed by atoms with Crippen LogP contribution in [0, 0.1) is 17.0 Å². The van der Waals surface area contributed by atoms with Gasteiger partial charge in [0.1, 0.15) is 5.69 Å².